The highest BCUT2D eigenvalue weighted by Crippen LogP contribution is 2.40. The molecule has 24 heavy (non-hydrogen) atoms. The molecule has 1 amide bonds. The predicted octanol–water partition coefficient (Wildman–Crippen LogP) is 3.55. The first-order chi connectivity index (χ1) is 11.8. The van der Waals surface area contributed by atoms with Gasteiger partial charge in [-0.2, -0.15) is 0 Å². The maximum atomic E-state index is 12.4. The molecular formula is C21H26N2O. The SMILES string of the molecule is CCCNCN1CC(c2ccccc2)(c2ccccc2)CCC1=O. The first-order valence-corrected chi connectivity index (χ1v) is 8.86. The van der Waals surface area contributed by atoms with E-state index in [1.807, 2.05) is 4.90 Å². The summed E-state index contributed by atoms with van der Waals surface area (Å²) in [5.41, 5.74) is 2.47. The van der Waals surface area contributed by atoms with E-state index in [4.69, 9.17) is 0 Å². The highest BCUT2D eigenvalue weighted by molar-refractivity contribution is 5.78. The van der Waals surface area contributed by atoms with E-state index in [0.29, 0.717) is 13.1 Å². The highest BCUT2D eigenvalue weighted by atomic mass is 16.2. The zero-order chi connectivity index (χ0) is 16.8. The minimum Gasteiger partial charge on any atom is -0.329 e. The molecule has 0 aliphatic carbocycles. The van der Waals surface area contributed by atoms with Crippen LogP contribution in [0.4, 0.5) is 0 Å². The molecule has 2 aromatic carbocycles. The third-order valence-corrected chi connectivity index (χ3v) is 4.96. The van der Waals surface area contributed by atoms with E-state index in [-0.39, 0.29) is 11.3 Å². The summed E-state index contributed by atoms with van der Waals surface area (Å²) in [6.07, 6.45) is 2.53. The Morgan fingerprint density at radius 1 is 1.00 bits per heavy atom. The van der Waals surface area contributed by atoms with E-state index in [2.05, 4.69) is 72.9 Å². The van der Waals surface area contributed by atoms with E-state index in [9.17, 15) is 4.79 Å². The number of piperidine rings is 1. The van der Waals surface area contributed by atoms with Crippen molar-refractivity contribution in [1.29, 1.82) is 0 Å². The third kappa shape index (κ3) is 3.36. The number of hydrogen-bond acceptors (Lipinski definition) is 2. The molecule has 3 rings (SSSR count). The lowest BCUT2D eigenvalue weighted by atomic mass is 9.69. The normalized spacial score (nSPS) is 17.0. The second-order valence-corrected chi connectivity index (χ2v) is 6.56. The summed E-state index contributed by atoms with van der Waals surface area (Å²) in [6.45, 7) is 4.45. The van der Waals surface area contributed by atoms with Gasteiger partial charge in [-0.25, -0.2) is 0 Å². The van der Waals surface area contributed by atoms with E-state index < -0.39 is 0 Å². The quantitative estimate of drug-likeness (QED) is 0.825. The van der Waals surface area contributed by atoms with Crippen molar-refractivity contribution in [1.82, 2.24) is 10.2 Å². The smallest absolute Gasteiger partial charge is 0.223 e. The average molecular weight is 322 g/mol. The zero-order valence-electron chi connectivity index (χ0n) is 14.4. The average Bonchev–Trinajstić information content (AvgIpc) is 2.65. The molecule has 1 aliphatic rings. The lowest BCUT2D eigenvalue weighted by Crippen LogP contribution is -2.52. The molecule has 0 bridgehead atoms. The summed E-state index contributed by atoms with van der Waals surface area (Å²) >= 11 is 0. The molecule has 1 saturated heterocycles. The van der Waals surface area contributed by atoms with Crippen LogP contribution in [0.3, 0.4) is 0 Å². The molecule has 3 heteroatoms. The Balaban J connectivity index is 1.95. The first-order valence-electron chi connectivity index (χ1n) is 8.86. The molecule has 126 valence electrons. The number of hydrogen-bond donors (Lipinski definition) is 1. The molecule has 0 unspecified atom stereocenters. The number of likely N-dealkylation sites (tertiary alicyclic amines) is 1. The number of nitrogens with one attached hydrogen (secondary N) is 1. The second-order valence-electron chi connectivity index (χ2n) is 6.56. The number of benzene rings is 2. The van der Waals surface area contributed by atoms with Gasteiger partial charge in [0.2, 0.25) is 5.91 Å². The van der Waals surface area contributed by atoms with Gasteiger partial charge in [0, 0.05) is 18.4 Å². The third-order valence-electron chi connectivity index (χ3n) is 4.96. The first kappa shape index (κ1) is 16.7. The van der Waals surface area contributed by atoms with Crippen LogP contribution >= 0.6 is 0 Å². The Bertz CT molecular complexity index is 615. The molecule has 1 fully saturated rings. The number of carbonyl (C=O) groups is 1. The molecule has 1 aliphatic heterocycles. The van der Waals surface area contributed by atoms with Crippen molar-refractivity contribution in [2.75, 3.05) is 19.8 Å². The molecule has 0 radical (unpaired) electrons. The van der Waals surface area contributed by atoms with E-state index >= 15 is 0 Å². The van der Waals surface area contributed by atoms with Crippen LogP contribution in [0.25, 0.3) is 0 Å². The molecule has 0 atom stereocenters. The molecule has 3 nitrogen and oxygen atoms in total. The number of nitrogens with zero attached hydrogens (tertiary/aromatic N) is 1. The minimum atomic E-state index is -0.121. The van der Waals surface area contributed by atoms with Crippen LogP contribution in [0.5, 0.6) is 0 Å². The van der Waals surface area contributed by atoms with Crippen LogP contribution in [0.2, 0.25) is 0 Å². The monoisotopic (exact) mass is 322 g/mol. The van der Waals surface area contributed by atoms with Crippen LogP contribution in [0.1, 0.15) is 37.3 Å². The Morgan fingerprint density at radius 2 is 1.58 bits per heavy atom. The molecular weight excluding hydrogens is 296 g/mol. The number of carbonyl (C=O) groups excluding carboxylic acids is 1. The van der Waals surface area contributed by atoms with Crippen LogP contribution in [0.15, 0.2) is 60.7 Å². The molecule has 0 saturated carbocycles. The second kappa shape index (κ2) is 7.63. The topological polar surface area (TPSA) is 32.3 Å². The van der Waals surface area contributed by atoms with Crippen molar-refractivity contribution < 1.29 is 4.79 Å². The minimum absolute atomic E-state index is 0.121. The summed E-state index contributed by atoms with van der Waals surface area (Å²) in [6, 6.07) is 21.3. The summed E-state index contributed by atoms with van der Waals surface area (Å²) in [7, 11) is 0. The van der Waals surface area contributed by atoms with E-state index in [1.165, 1.54) is 11.1 Å². The highest BCUT2D eigenvalue weighted by Gasteiger charge is 2.41. The van der Waals surface area contributed by atoms with Gasteiger partial charge in [0.1, 0.15) is 0 Å². The van der Waals surface area contributed by atoms with Gasteiger partial charge < -0.3 is 4.90 Å². The molecule has 1 N–H and O–H groups in total. The number of amides is 1. The van der Waals surface area contributed by atoms with Gasteiger partial charge in [-0.05, 0) is 30.5 Å². The Hall–Kier alpha value is -2.13. The predicted molar refractivity (Wildman–Crippen MR) is 97.8 cm³/mol. The lowest BCUT2D eigenvalue weighted by Gasteiger charge is -2.43. The molecule has 0 aromatic heterocycles. The summed E-state index contributed by atoms with van der Waals surface area (Å²) < 4.78 is 0. The Kier molecular flexibility index (Phi) is 5.31. The van der Waals surface area contributed by atoms with Crippen molar-refractivity contribution in [3.8, 4) is 0 Å². The maximum absolute atomic E-state index is 12.4. The van der Waals surface area contributed by atoms with Gasteiger partial charge in [0.05, 0.1) is 6.67 Å². The molecule has 0 spiro atoms. The van der Waals surface area contributed by atoms with Gasteiger partial charge in [0.15, 0.2) is 0 Å². The van der Waals surface area contributed by atoms with E-state index in [1.54, 1.807) is 0 Å². The van der Waals surface area contributed by atoms with Crippen molar-refractivity contribution in [3.63, 3.8) is 0 Å². The van der Waals surface area contributed by atoms with Crippen molar-refractivity contribution in [2.24, 2.45) is 0 Å². The Morgan fingerprint density at radius 3 is 2.12 bits per heavy atom. The Labute approximate surface area is 144 Å². The van der Waals surface area contributed by atoms with Crippen molar-refractivity contribution >= 4 is 5.91 Å². The maximum Gasteiger partial charge on any atom is 0.223 e. The van der Waals surface area contributed by atoms with Gasteiger partial charge in [-0.1, -0.05) is 67.6 Å². The van der Waals surface area contributed by atoms with Crippen LogP contribution < -0.4 is 5.32 Å². The fourth-order valence-corrected chi connectivity index (χ4v) is 3.66. The molecule has 2 aromatic rings. The van der Waals surface area contributed by atoms with Gasteiger partial charge in [-0.15, -0.1) is 0 Å². The summed E-state index contributed by atoms with van der Waals surface area (Å²) in [5.74, 6) is 0.251. The summed E-state index contributed by atoms with van der Waals surface area (Å²) in [4.78, 5) is 14.4. The van der Waals surface area contributed by atoms with Crippen LogP contribution in [-0.2, 0) is 10.2 Å². The van der Waals surface area contributed by atoms with Crippen LogP contribution in [0, 0.1) is 0 Å². The largest absolute Gasteiger partial charge is 0.329 e. The van der Waals surface area contributed by atoms with E-state index in [0.717, 1.165) is 25.9 Å². The standard InChI is InChI=1S/C21H26N2O/c1-2-15-22-17-23-16-21(14-13-20(23)24,18-9-5-3-6-10-18)19-11-7-4-8-12-19/h3-12,22H,2,13-17H2,1H3. The van der Waals surface area contributed by atoms with Gasteiger partial charge in [0.25, 0.3) is 0 Å². The van der Waals surface area contributed by atoms with Crippen molar-refractivity contribution in [2.45, 2.75) is 31.6 Å². The van der Waals surface area contributed by atoms with Gasteiger partial charge >= 0.3 is 0 Å². The molecule has 1 heterocycles. The fraction of sp³-hybridized carbons (Fsp3) is 0.381. The van der Waals surface area contributed by atoms with Crippen LogP contribution in [-0.4, -0.2) is 30.6 Å². The number of rotatable bonds is 6. The van der Waals surface area contributed by atoms with Crippen molar-refractivity contribution in [3.05, 3.63) is 71.8 Å². The zero-order valence-corrected chi connectivity index (χ0v) is 14.4. The fourth-order valence-electron chi connectivity index (χ4n) is 3.66. The lowest BCUT2D eigenvalue weighted by molar-refractivity contribution is -0.135. The summed E-state index contributed by atoms with van der Waals surface area (Å²) in [5, 5.41) is 3.38. The van der Waals surface area contributed by atoms with Gasteiger partial charge in [-0.3, -0.25) is 10.1 Å².